The molecule has 6 heteroatoms. The van der Waals surface area contributed by atoms with Gasteiger partial charge >= 0.3 is 0 Å². The Morgan fingerprint density at radius 1 is 1.14 bits per heavy atom. The monoisotopic (exact) mass is 418 g/mol. The summed E-state index contributed by atoms with van der Waals surface area (Å²) in [6.45, 7) is 4.82. The molecule has 160 valence electrons. The van der Waals surface area contributed by atoms with E-state index in [-0.39, 0.29) is 11.3 Å². The average molecular weight is 419 g/mol. The predicted molar refractivity (Wildman–Crippen MR) is 115 cm³/mol. The van der Waals surface area contributed by atoms with Crippen LogP contribution in [0.15, 0.2) is 30.3 Å². The fourth-order valence-corrected chi connectivity index (χ4v) is 6.40. The van der Waals surface area contributed by atoms with E-state index in [1.165, 1.54) is 41.8 Å². The first-order valence-electron chi connectivity index (χ1n) is 11.1. The molecule has 0 N–H and O–H groups in total. The Kier molecular flexibility index (Phi) is 5.88. The Balaban J connectivity index is 1.31. The molecule has 2 aliphatic heterocycles. The van der Waals surface area contributed by atoms with Gasteiger partial charge in [-0.05, 0) is 62.1 Å². The second kappa shape index (κ2) is 8.12. The van der Waals surface area contributed by atoms with Crippen molar-refractivity contribution in [3.8, 4) is 0 Å². The van der Waals surface area contributed by atoms with Gasteiger partial charge in [-0.3, -0.25) is 9.69 Å². The lowest BCUT2D eigenvalue weighted by atomic mass is 9.80. The van der Waals surface area contributed by atoms with E-state index in [0.717, 1.165) is 30.8 Å². The SMILES string of the molecule is CCC(=O)CC1(N2CCC(C[C@@H]3CC3c3ccccc3)CC2)CN(S(C)(=O)=O)C1. The number of benzene rings is 1. The lowest BCUT2D eigenvalue weighted by Gasteiger charge is -2.56. The second-order valence-corrected chi connectivity index (χ2v) is 11.5. The van der Waals surface area contributed by atoms with Crippen molar-refractivity contribution >= 4 is 15.8 Å². The van der Waals surface area contributed by atoms with Gasteiger partial charge in [-0.15, -0.1) is 0 Å². The van der Waals surface area contributed by atoms with E-state index in [9.17, 15) is 13.2 Å². The summed E-state index contributed by atoms with van der Waals surface area (Å²) in [7, 11) is -3.17. The van der Waals surface area contributed by atoms with E-state index >= 15 is 0 Å². The van der Waals surface area contributed by atoms with Crippen LogP contribution >= 0.6 is 0 Å². The standard InChI is InChI=1S/C23H34N2O3S/c1-3-21(26)15-23(16-25(17-23)29(2,27)28)24-11-9-18(10-12-24)13-20-14-22(20)19-7-5-4-6-8-19/h4-8,18,20,22H,3,9-17H2,1-2H3/t20-,22?/m1/s1. The van der Waals surface area contributed by atoms with Crippen molar-refractivity contribution in [2.45, 2.75) is 56.9 Å². The zero-order valence-electron chi connectivity index (χ0n) is 17.7. The Hall–Kier alpha value is -1.24. The molecule has 1 aromatic rings. The molecule has 5 nitrogen and oxygen atoms in total. The van der Waals surface area contributed by atoms with Gasteiger partial charge in [0.1, 0.15) is 5.78 Å². The Morgan fingerprint density at radius 2 is 1.79 bits per heavy atom. The molecule has 2 atom stereocenters. The fourth-order valence-electron chi connectivity index (χ4n) is 5.45. The molecule has 29 heavy (non-hydrogen) atoms. The zero-order valence-corrected chi connectivity index (χ0v) is 18.5. The molecule has 0 radical (unpaired) electrons. The van der Waals surface area contributed by atoms with Gasteiger partial charge in [0, 0.05) is 25.9 Å². The maximum atomic E-state index is 12.2. The molecule has 3 fully saturated rings. The number of rotatable bonds is 8. The zero-order chi connectivity index (χ0) is 20.6. The largest absolute Gasteiger partial charge is 0.300 e. The number of ketones is 1. The summed E-state index contributed by atoms with van der Waals surface area (Å²) < 4.78 is 25.3. The van der Waals surface area contributed by atoms with Crippen LogP contribution < -0.4 is 0 Å². The number of carbonyl (C=O) groups is 1. The molecule has 1 aliphatic carbocycles. The minimum absolute atomic E-state index is 0.240. The van der Waals surface area contributed by atoms with Crippen molar-refractivity contribution in [1.82, 2.24) is 9.21 Å². The van der Waals surface area contributed by atoms with Crippen LogP contribution in [0.3, 0.4) is 0 Å². The smallest absolute Gasteiger partial charge is 0.211 e. The first-order valence-corrected chi connectivity index (χ1v) is 12.9. The number of hydrogen-bond donors (Lipinski definition) is 0. The Labute approximate surface area is 175 Å². The van der Waals surface area contributed by atoms with Gasteiger partial charge in [0.25, 0.3) is 0 Å². The topological polar surface area (TPSA) is 57.7 Å². The third kappa shape index (κ3) is 4.59. The van der Waals surface area contributed by atoms with E-state index < -0.39 is 10.0 Å². The molecule has 2 heterocycles. The Bertz CT molecular complexity index is 825. The van der Waals surface area contributed by atoms with E-state index in [1.54, 1.807) is 0 Å². The fraction of sp³-hybridized carbons (Fsp3) is 0.696. The molecule has 1 unspecified atom stereocenters. The summed E-state index contributed by atoms with van der Waals surface area (Å²) in [5.74, 6) is 2.57. The summed E-state index contributed by atoms with van der Waals surface area (Å²) in [6, 6.07) is 10.9. The highest BCUT2D eigenvalue weighted by atomic mass is 32.2. The maximum absolute atomic E-state index is 12.2. The quantitative estimate of drug-likeness (QED) is 0.650. The van der Waals surface area contributed by atoms with Crippen molar-refractivity contribution in [2.24, 2.45) is 11.8 Å². The minimum Gasteiger partial charge on any atom is -0.300 e. The number of sulfonamides is 1. The van der Waals surface area contributed by atoms with Gasteiger partial charge in [-0.1, -0.05) is 37.3 Å². The number of nitrogens with zero attached hydrogens (tertiary/aromatic N) is 2. The average Bonchev–Trinajstić information content (AvgIpc) is 3.44. The summed E-state index contributed by atoms with van der Waals surface area (Å²) in [4.78, 5) is 14.6. The van der Waals surface area contributed by atoms with E-state index in [1.807, 2.05) is 6.92 Å². The molecule has 0 bridgehead atoms. The minimum atomic E-state index is -3.17. The second-order valence-electron chi connectivity index (χ2n) is 9.50. The number of carbonyl (C=O) groups excluding carboxylic acids is 1. The molecular formula is C23H34N2O3S. The van der Waals surface area contributed by atoms with Crippen LogP contribution in [-0.2, 0) is 14.8 Å². The highest BCUT2D eigenvalue weighted by Crippen LogP contribution is 2.52. The predicted octanol–water partition coefficient (Wildman–Crippen LogP) is 3.28. The van der Waals surface area contributed by atoms with Crippen molar-refractivity contribution < 1.29 is 13.2 Å². The lowest BCUT2D eigenvalue weighted by molar-refractivity contribution is -0.126. The molecule has 0 spiro atoms. The van der Waals surface area contributed by atoms with Crippen LogP contribution in [0.25, 0.3) is 0 Å². The number of Topliss-reactive ketones (excluding diaryl/α,β-unsaturated/α-hetero) is 1. The lowest BCUT2D eigenvalue weighted by Crippen LogP contribution is -2.72. The molecular weight excluding hydrogens is 384 g/mol. The van der Waals surface area contributed by atoms with Gasteiger partial charge in [-0.25, -0.2) is 8.42 Å². The van der Waals surface area contributed by atoms with Crippen molar-refractivity contribution in [3.63, 3.8) is 0 Å². The summed E-state index contributed by atoms with van der Waals surface area (Å²) >= 11 is 0. The van der Waals surface area contributed by atoms with Crippen LogP contribution in [0.1, 0.15) is 56.9 Å². The molecule has 1 saturated carbocycles. The van der Waals surface area contributed by atoms with Gasteiger partial charge in [0.15, 0.2) is 0 Å². The number of piperidine rings is 1. The summed E-state index contributed by atoms with van der Waals surface area (Å²) in [5.41, 5.74) is 1.22. The van der Waals surface area contributed by atoms with Gasteiger partial charge in [0.05, 0.1) is 11.8 Å². The molecule has 2 saturated heterocycles. The Morgan fingerprint density at radius 3 is 2.38 bits per heavy atom. The van der Waals surface area contributed by atoms with Gasteiger partial charge in [0.2, 0.25) is 10.0 Å². The van der Waals surface area contributed by atoms with Crippen molar-refractivity contribution in [2.75, 3.05) is 32.4 Å². The molecule has 0 aromatic heterocycles. The highest BCUT2D eigenvalue weighted by Gasteiger charge is 2.52. The molecule has 3 aliphatic rings. The molecule has 1 aromatic carbocycles. The number of likely N-dealkylation sites (tertiary alicyclic amines) is 1. The van der Waals surface area contributed by atoms with E-state index in [0.29, 0.717) is 25.9 Å². The van der Waals surface area contributed by atoms with Crippen molar-refractivity contribution in [3.05, 3.63) is 35.9 Å². The highest BCUT2D eigenvalue weighted by molar-refractivity contribution is 7.88. The van der Waals surface area contributed by atoms with Crippen LogP contribution in [0, 0.1) is 11.8 Å². The van der Waals surface area contributed by atoms with E-state index in [4.69, 9.17) is 0 Å². The van der Waals surface area contributed by atoms with Crippen molar-refractivity contribution in [1.29, 1.82) is 0 Å². The van der Waals surface area contributed by atoms with Crippen LogP contribution in [0.4, 0.5) is 0 Å². The first kappa shape index (κ1) is 21.0. The third-order valence-electron chi connectivity index (χ3n) is 7.40. The summed E-state index contributed by atoms with van der Waals surface area (Å²) in [6.07, 6.45) is 7.24. The molecule has 4 rings (SSSR count). The maximum Gasteiger partial charge on any atom is 0.211 e. The van der Waals surface area contributed by atoms with Crippen LogP contribution in [0.5, 0.6) is 0 Å². The third-order valence-corrected chi connectivity index (χ3v) is 8.60. The first-order chi connectivity index (χ1) is 13.8. The van der Waals surface area contributed by atoms with Crippen LogP contribution in [0.2, 0.25) is 0 Å². The van der Waals surface area contributed by atoms with Crippen LogP contribution in [-0.4, -0.2) is 61.4 Å². The van der Waals surface area contributed by atoms with Gasteiger partial charge in [-0.2, -0.15) is 4.31 Å². The normalized spacial score (nSPS) is 28.1. The summed E-state index contributed by atoms with van der Waals surface area (Å²) in [5, 5.41) is 0. The number of hydrogen-bond acceptors (Lipinski definition) is 4. The van der Waals surface area contributed by atoms with E-state index in [2.05, 4.69) is 35.2 Å². The molecule has 0 amide bonds. The van der Waals surface area contributed by atoms with Gasteiger partial charge < -0.3 is 0 Å².